The van der Waals surface area contributed by atoms with Gasteiger partial charge in [-0.15, -0.1) is 11.8 Å². The molecule has 0 aromatic heterocycles. The number of hydrogen-bond acceptors (Lipinski definition) is 2. The molecule has 0 aliphatic heterocycles. The summed E-state index contributed by atoms with van der Waals surface area (Å²) in [7, 11) is 0. The predicted octanol–water partition coefficient (Wildman–Crippen LogP) is 4.64. The van der Waals surface area contributed by atoms with Gasteiger partial charge in [-0.25, -0.2) is 0 Å². The summed E-state index contributed by atoms with van der Waals surface area (Å²) >= 11 is 2.07. The van der Waals surface area contributed by atoms with E-state index in [4.69, 9.17) is 0 Å². The van der Waals surface area contributed by atoms with Crippen LogP contribution in [0.15, 0.2) is 29.2 Å². The highest BCUT2D eigenvalue weighted by molar-refractivity contribution is 8.00. The van der Waals surface area contributed by atoms with Crippen LogP contribution < -0.4 is 5.32 Å². The lowest BCUT2D eigenvalue weighted by molar-refractivity contribution is 0.215. The van der Waals surface area contributed by atoms with Crippen molar-refractivity contribution in [2.45, 2.75) is 63.1 Å². The van der Waals surface area contributed by atoms with Gasteiger partial charge in [0.1, 0.15) is 0 Å². The van der Waals surface area contributed by atoms with Crippen LogP contribution in [0.1, 0.15) is 45.6 Å². The van der Waals surface area contributed by atoms with Crippen molar-refractivity contribution < 1.29 is 0 Å². The van der Waals surface area contributed by atoms with Crippen LogP contribution in [0.2, 0.25) is 0 Å². The molecule has 1 saturated carbocycles. The van der Waals surface area contributed by atoms with Crippen LogP contribution in [0, 0.1) is 12.3 Å². The highest BCUT2D eigenvalue weighted by Crippen LogP contribution is 2.42. The molecular formula is C17H27NS. The van der Waals surface area contributed by atoms with E-state index >= 15 is 0 Å². The van der Waals surface area contributed by atoms with Gasteiger partial charge in [-0.1, -0.05) is 38.5 Å². The van der Waals surface area contributed by atoms with Crippen LogP contribution in [-0.2, 0) is 0 Å². The van der Waals surface area contributed by atoms with Gasteiger partial charge < -0.3 is 5.32 Å². The molecule has 0 amide bonds. The van der Waals surface area contributed by atoms with E-state index in [9.17, 15) is 0 Å². The average Bonchev–Trinajstić information content (AvgIpc) is 2.32. The largest absolute Gasteiger partial charge is 0.313 e. The molecule has 0 saturated heterocycles. The fourth-order valence-electron chi connectivity index (χ4n) is 3.00. The maximum absolute atomic E-state index is 3.69. The number of nitrogens with one attached hydrogen (secondary N) is 1. The van der Waals surface area contributed by atoms with Crippen LogP contribution in [0.5, 0.6) is 0 Å². The number of thioether (sulfide) groups is 1. The van der Waals surface area contributed by atoms with Gasteiger partial charge >= 0.3 is 0 Å². The van der Waals surface area contributed by atoms with Gasteiger partial charge in [0.15, 0.2) is 0 Å². The second-order valence-electron chi connectivity index (χ2n) is 6.54. The van der Waals surface area contributed by atoms with Crippen molar-refractivity contribution in [3.63, 3.8) is 0 Å². The van der Waals surface area contributed by atoms with Gasteiger partial charge in [0.2, 0.25) is 0 Å². The lowest BCUT2D eigenvalue weighted by Gasteiger charge is -2.40. The summed E-state index contributed by atoms with van der Waals surface area (Å²) in [5, 5.41) is 4.39. The summed E-state index contributed by atoms with van der Waals surface area (Å²) < 4.78 is 0. The third-order valence-corrected chi connectivity index (χ3v) is 5.40. The molecule has 0 radical (unpaired) electrons. The molecule has 0 bridgehead atoms. The standard InChI is InChI=1S/C17H27NS/c1-5-18-15-9-10-17(3,4)12-16(15)19-14-8-6-7-13(2)11-14/h6-8,11,15-16,18H,5,9-10,12H2,1-4H3. The van der Waals surface area contributed by atoms with E-state index in [0.29, 0.717) is 16.7 Å². The zero-order valence-electron chi connectivity index (χ0n) is 12.7. The molecule has 1 aromatic rings. The van der Waals surface area contributed by atoms with E-state index in [1.807, 2.05) is 0 Å². The first-order valence-electron chi connectivity index (χ1n) is 7.47. The van der Waals surface area contributed by atoms with Crippen LogP contribution in [0.25, 0.3) is 0 Å². The predicted molar refractivity (Wildman–Crippen MR) is 85.9 cm³/mol. The normalized spacial score (nSPS) is 26.3. The molecule has 1 fully saturated rings. The molecule has 2 heteroatoms. The third-order valence-electron chi connectivity index (χ3n) is 4.08. The van der Waals surface area contributed by atoms with Crippen molar-refractivity contribution >= 4 is 11.8 Å². The number of rotatable bonds is 4. The molecule has 1 aliphatic rings. The van der Waals surface area contributed by atoms with Crippen molar-refractivity contribution in [1.82, 2.24) is 5.32 Å². The first kappa shape index (κ1) is 14.9. The van der Waals surface area contributed by atoms with Crippen LogP contribution >= 0.6 is 11.8 Å². The lowest BCUT2D eigenvalue weighted by Crippen LogP contribution is -2.44. The van der Waals surface area contributed by atoms with Gasteiger partial charge in [-0.2, -0.15) is 0 Å². The first-order valence-corrected chi connectivity index (χ1v) is 8.35. The number of benzene rings is 1. The van der Waals surface area contributed by atoms with Crippen molar-refractivity contribution in [2.75, 3.05) is 6.54 Å². The first-order chi connectivity index (χ1) is 9.00. The maximum Gasteiger partial charge on any atom is 0.0253 e. The van der Waals surface area contributed by atoms with Crippen molar-refractivity contribution in [3.8, 4) is 0 Å². The van der Waals surface area contributed by atoms with Crippen molar-refractivity contribution in [1.29, 1.82) is 0 Å². The van der Waals surface area contributed by atoms with Crippen LogP contribution in [0.3, 0.4) is 0 Å². The second kappa shape index (κ2) is 6.32. The Morgan fingerprint density at radius 3 is 2.84 bits per heavy atom. The molecule has 2 unspecified atom stereocenters. The summed E-state index contributed by atoms with van der Waals surface area (Å²) in [5.74, 6) is 0. The van der Waals surface area contributed by atoms with E-state index in [1.54, 1.807) is 0 Å². The fourth-order valence-corrected chi connectivity index (χ4v) is 4.70. The van der Waals surface area contributed by atoms with E-state index in [1.165, 1.54) is 29.7 Å². The Labute approximate surface area is 122 Å². The Kier molecular flexibility index (Phi) is 4.97. The third kappa shape index (κ3) is 4.25. The Bertz CT molecular complexity index is 413. The molecule has 2 atom stereocenters. The molecule has 2 rings (SSSR count). The molecule has 1 N–H and O–H groups in total. The molecule has 1 aliphatic carbocycles. The lowest BCUT2D eigenvalue weighted by atomic mass is 9.75. The number of aryl methyl sites for hydroxylation is 1. The Morgan fingerprint density at radius 2 is 2.16 bits per heavy atom. The highest BCUT2D eigenvalue weighted by Gasteiger charge is 2.34. The Morgan fingerprint density at radius 1 is 1.37 bits per heavy atom. The minimum atomic E-state index is 0.493. The smallest absolute Gasteiger partial charge is 0.0253 e. The van der Waals surface area contributed by atoms with Crippen molar-refractivity contribution in [3.05, 3.63) is 29.8 Å². The zero-order valence-corrected chi connectivity index (χ0v) is 13.5. The summed E-state index contributed by atoms with van der Waals surface area (Å²) in [6, 6.07) is 9.59. The minimum absolute atomic E-state index is 0.493. The SMILES string of the molecule is CCNC1CCC(C)(C)CC1Sc1cccc(C)c1. The second-order valence-corrected chi connectivity index (χ2v) is 7.86. The minimum Gasteiger partial charge on any atom is -0.313 e. The van der Waals surface area contributed by atoms with E-state index in [-0.39, 0.29) is 0 Å². The topological polar surface area (TPSA) is 12.0 Å². The fraction of sp³-hybridized carbons (Fsp3) is 0.647. The van der Waals surface area contributed by atoms with E-state index in [2.05, 4.69) is 69.0 Å². The van der Waals surface area contributed by atoms with Gasteiger partial charge in [-0.05, 0) is 50.3 Å². The van der Waals surface area contributed by atoms with Gasteiger partial charge in [-0.3, -0.25) is 0 Å². The summed E-state index contributed by atoms with van der Waals surface area (Å²) in [4.78, 5) is 1.42. The zero-order chi connectivity index (χ0) is 13.9. The average molecular weight is 277 g/mol. The van der Waals surface area contributed by atoms with Crippen molar-refractivity contribution in [2.24, 2.45) is 5.41 Å². The summed E-state index contributed by atoms with van der Waals surface area (Å²) in [5.41, 5.74) is 1.85. The monoisotopic (exact) mass is 277 g/mol. The Hall–Kier alpha value is -0.470. The molecule has 1 aromatic carbocycles. The molecule has 19 heavy (non-hydrogen) atoms. The summed E-state index contributed by atoms with van der Waals surface area (Å²) in [6.07, 6.45) is 3.96. The van der Waals surface area contributed by atoms with E-state index < -0.39 is 0 Å². The molecule has 1 nitrogen and oxygen atoms in total. The van der Waals surface area contributed by atoms with Gasteiger partial charge in [0.25, 0.3) is 0 Å². The van der Waals surface area contributed by atoms with Gasteiger partial charge in [0.05, 0.1) is 0 Å². The molecule has 0 spiro atoms. The highest BCUT2D eigenvalue weighted by atomic mass is 32.2. The van der Waals surface area contributed by atoms with Crippen LogP contribution in [0.4, 0.5) is 0 Å². The molecule has 0 heterocycles. The quantitative estimate of drug-likeness (QED) is 0.860. The summed E-state index contributed by atoms with van der Waals surface area (Å²) in [6.45, 7) is 10.3. The number of hydrogen-bond donors (Lipinski definition) is 1. The van der Waals surface area contributed by atoms with E-state index in [0.717, 1.165) is 6.54 Å². The molecular weight excluding hydrogens is 250 g/mol. The van der Waals surface area contributed by atoms with Crippen LogP contribution in [-0.4, -0.2) is 17.8 Å². The molecule has 106 valence electrons. The Balaban J connectivity index is 2.09. The maximum atomic E-state index is 3.69. The van der Waals surface area contributed by atoms with Gasteiger partial charge in [0, 0.05) is 16.2 Å².